The van der Waals surface area contributed by atoms with E-state index in [0.717, 1.165) is 36.6 Å². The van der Waals surface area contributed by atoms with E-state index >= 15 is 0 Å². The van der Waals surface area contributed by atoms with Crippen molar-refractivity contribution in [3.63, 3.8) is 0 Å². The second-order valence-corrected chi connectivity index (χ2v) is 8.42. The predicted molar refractivity (Wildman–Crippen MR) is 103 cm³/mol. The summed E-state index contributed by atoms with van der Waals surface area (Å²) in [5.74, 6) is 1.42. The number of likely N-dealkylation sites (tertiary alicyclic amines) is 1. The van der Waals surface area contributed by atoms with Gasteiger partial charge in [-0.3, -0.25) is 9.59 Å². The molecule has 2 aliphatic rings. The number of carbonyl (C=O) groups is 1. The molecule has 2 aromatic heterocycles. The molecule has 9 heteroatoms. The molecule has 2 aromatic rings. The number of carbonyl (C=O) groups excluding carboxylic acids is 1. The molecule has 1 saturated carbocycles. The molecule has 0 spiro atoms. The number of nitrogens with one attached hydrogen (secondary N) is 2. The van der Waals surface area contributed by atoms with E-state index in [0.29, 0.717) is 29.8 Å². The van der Waals surface area contributed by atoms with Crippen molar-refractivity contribution in [3.8, 4) is 0 Å². The highest BCUT2D eigenvalue weighted by Crippen LogP contribution is 2.42. The summed E-state index contributed by atoms with van der Waals surface area (Å²) in [6.07, 6.45) is 4.85. The highest BCUT2D eigenvalue weighted by Gasteiger charge is 2.28. The van der Waals surface area contributed by atoms with Gasteiger partial charge in [-0.1, -0.05) is 11.3 Å². The van der Waals surface area contributed by atoms with Crippen molar-refractivity contribution >= 4 is 22.4 Å². The van der Waals surface area contributed by atoms with Crippen LogP contribution in [0.2, 0.25) is 0 Å². The second kappa shape index (κ2) is 7.85. The maximum Gasteiger partial charge on any atom is 0.251 e. The van der Waals surface area contributed by atoms with Crippen molar-refractivity contribution in [2.24, 2.45) is 0 Å². The van der Waals surface area contributed by atoms with Crippen molar-refractivity contribution in [1.82, 2.24) is 25.1 Å². The number of aryl methyl sites for hydroxylation is 1. The largest absolute Gasteiger partial charge is 0.311 e. The zero-order valence-corrected chi connectivity index (χ0v) is 16.2. The number of nitrogens with zero attached hydrogens (tertiary/aromatic N) is 4. The van der Waals surface area contributed by atoms with E-state index < -0.39 is 0 Å². The molecule has 1 aliphatic heterocycles. The molecule has 144 valence electrons. The fourth-order valence-electron chi connectivity index (χ4n) is 3.53. The molecule has 0 radical (unpaired) electrons. The van der Waals surface area contributed by atoms with Crippen molar-refractivity contribution < 1.29 is 4.79 Å². The number of amides is 1. The molecule has 4 rings (SSSR count). The predicted octanol–water partition coefficient (Wildman–Crippen LogP) is 2.02. The highest BCUT2D eigenvalue weighted by atomic mass is 32.1. The Morgan fingerprint density at radius 3 is 2.96 bits per heavy atom. The van der Waals surface area contributed by atoms with E-state index in [1.165, 1.54) is 24.2 Å². The number of hydrogen-bond donors (Lipinski definition) is 2. The van der Waals surface area contributed by atoms with Crippen LogP contribution in [0.25, 0.3) is 0 Å². The first-order valence-corrected chi connectivity index (χ1v) is 10.3. The van der Waals surface area contributed by atoms with Crippen LogP contribution in [0.4, 0.5) is 5.13 Å². The number of aromatic amines is 1. The molecule has 0 unspecified atom stereocenters. The van der Waals surface area contributed by atoms with Crippen LogP contribution in [0, 0.1) is 6.92 Å². The van der Waals surface area contributed by atoms with Crippen molar-refractivity contribution in [3.05, 3.63) is 32.9 Å². The SMILES string of the molecule is Cc1nc([C@@H]2CCCN(CCC(=O)Nc3nnc(C4CC4)s3)C2)cc(=O)[nH]1. The van der Waals surface area contributed by atoms with E-state index in [-0.39, 0.29) is 17.4 Å². The van der Waals surface area contributed by atoms with E-state index in [1.54, 1.807) is 13.0 Å². The Morgan fingerprint density at radius 2 is 2.19 bits per heavy atom. The summed E-state index contributed by atoms with van der Waals surface area (Å²) < 4.78 is 0. The van der Waals surface area contributed by atoms with Gasteiger partial charge in [-0.15, -0.1) is 10.2 Å². The highest BCUT2D eigenvalue weighted by molar-refractivity contribution is 7.15. The van der Waals surface area contributed by atoms with E-state index in [1.807, 2.05) is 0 Å². The van der Waals surface area contributed by atoms with Gasteiger partial charge in [0, 0.05) is 37.4 Å². The smallest absolute Gasteiger partial charge is 0.251 e. The summed E-state index contributed by atoms with van der Waals surface area (Å²) in [7, 11) is 0. The van der Waals surface area contributed by atoms with Crippen LogP contribution in [0.1, 0.15) is 60.5 Å². The Bertz CT molecular complexity index is 875. The van der Waals surface area contributed by atoms with Crippen molar-refractivity contribution in [1.29, 1.82) is 0 Å². The van der Waals surface area contributed by atoms with Crippen LogP contribution in [0.15, 0.2) is 10.9 Å². The van der Waals surface area contributed by atoms with Crippen LogP contribution >= 0.6 is 11.3 Å². The standard InChI is InChI=1S/C18H24N6O2S/c1-11-19-14(9-16(26)20-11)13-3-2-7-24(10-13)8-6-15(25)21-18-23-22-17(27-18)12-4-5-12/h9,12-13H,2-8,10H2,1H3,(H,19,20,26)(H,21,23,25)/t13-/m1/s1. The average Bonchev–Trinajstić information content (AvgIpc) is 3.39. The maximum absolute atomic E-state index is 12.2. The van der Waals surface area contributed by atoms with Crippen molar-refractivity contribution in [2.45, 2.75) is 50.9 Å². The quantitative estimate of drug-likeness (QED) is 0.785. The van der Waals surface area contributed by atoms with Gasteiger partial charge < -0.3 is 15.2 Å². The van der Waals surface area contributed by atoms with Crippen LogP contribution < -0.4 is 10.9 Å². The first-order chi connectivity index (χ1) is 13.1. The topological polar surface area (TPSA) is 104 Å². The zero-order chi connectivity index (χ0) is 18.8. The normalized spacial score (nSPS) is 20.6. The lowest BCUT2D eigenvalue weighted by Crippen LogP contribution is -2.37. The number of aromatic nitrogens is 4. The molecule has 1 atom stereocenters. The molecule has 1 aliphatic carbocycles. The minimum Gasteiger partial charge on any atom is -0.311 e. The maximum atomic E-state index is 12.2. The molecule has 1 saturated heterocycles. The van der Waals surface area contributed by atoms with E-state index in [4.69, 9.17) is 0 Å². The average molecular weight is 388 g/mol. The van der Waals surface area contributed by atoms with Gasteiger partial charge >= 0.3 is 0 Å². The molecule has 2 N–H and O–H groups in total. The molecule has 0 bridgehead atoms. The monoisotopic (exact) mass is 388 g/mol. The minimum atomic E-state index is -0.100. The van der Waals surface area contributed by atoms with Gasteiger partial charge in [0.25, 0.3) is 5.56 Å². The fourth-order valence-corrected chi connectivity index (χ4v) is 4.46. The van der Waals surface area contributed by atoms with Crippen molar-refractivity contribution in [2.75, 3.05) is 25.0 Å². The van der Waals surface area contributed by atoms with Gasteiger partial charge in [0.2, 0.25) is 11.0 Å². The van der Waals surface area contributed by atoms with Gasteiger partial charge in [0.1, 0.15) is 10.8 Å². The fraction of sp³-hybridized carbons (Fsp3) is 0.611. The number of H-pyrrole nitrogens is 1. The lowest BCUT2D eigenvalue weighted by Gasteiger charge is -2.32. The van der Waals surface area contributed by atoms with E-state index in [9.17, 15) is 9.59 Å². The summed E-state index contributed by atoms with van der Waals surface area (Å²) >= 11 is 1.48. The van der Waals surface area contributed by atoms with Gasteiger partial charge in [-0.05, 0) is 39.2 Å². The number of hydrogen-bond acceptors (Lipinski definition) is 7. The molecule has 3 heterocycles. The Balaban J connectivity index is 1.28. The first-order valence-electron chi connectivity index (χ1n) is 9.50. The molecule has 27 heavy (non-hydrogen) atoms. The minimum absolute atomic E-state index is 0.0271. The molecular weight excluding hydrogens is 364 g/mol. The summed E-state index contributed by atoms with van der Waals surface area (Å²) in [6.45, 7) is 4.29. The van der Waals surface area contributed by atoms with E-state index in [2.05, 4.69) is 30.4 Å². The van der Waals surface area contributed by atoms with Crippen LogP contribution in [-0.4, -0.2) is 50.6 Å². The first kappa shape index (κ1) is 18.2. The molecule has 8 nitrogen and oxygen atoms in total. The van der Waals surface area contributed by atoms with Gasteiger partial charge in [0.05, 0.1) is 5.69 Å². The van der Waals surface area contributed by atoms with Crippen LogP contribution in [0.3, 0.4) is 0 Å². The van der Waals surface area contributed by atoms with Crippen LogP contribution in [-0.2, 0) is 4.79 Å². The molecule has 2 fully saturated rings. The third-order valence-corrected chi connectivity index (χ3v) is 6.07. The number of piperidine rings is 1. The second-order valence-electron chi connectivity index (χ2n) is 7.41. The Kier molecular flexibility index (Phi) is 5.31. The molecule has 0 aromatic carbocycles. The number of rotatable bonds is 6. The Labute approximate surface area is 161 Å². The summed E-state index contributed by atoms with van der Waals surface area (Å²) in [6, 6.07) is 1.60. The Hall–Kier alpha value is -2.13. The summed E-state index contributed by atoms with van der Waals surface area (Å²) in [5.41, 5.74) is 0.753. The lowest BCUT2D eigenvalue weighted by molar-refractivity contribution is -0.116. The van der Waals surface area contributed by atoms with Gasteiger partial charge in [-0.2, -0.15) is 0 Å². The Morgan fingerprint density at radius 1 is 1.33 bits per heavy atom. The summed E-state index contributed by atoms with van der Waals surface area (Å²) in [4.78, 5) is 33.4. The summed E-state index contributed by atoms with van der Waals surface area (Å²) in [5, 5.41) is 12.7. The number of anilines is 1. The molecular formula is C18H24N6O2S. The third kappa shape index (κ3) is 4.78. The van der Waals surface area contributed by atoms with Gasteiger partial charge in [-0.25, -0.2) is 4.98 Å². The molecule has 1 amide bonds. The zero-order valence-electron chi connectivity index (χ0n) is 15.4. The lowest BCUT2D eigenvalue weighted by atomic mass is 9.94. The van der Waals surface area contributed by atoms with Gasteiger partial charge in [0.15, 0.2) is 0 Å². The third-order valence-electron chi connectivity index (χ3n) is 5.07. The van der Waals surface area contributed by atoms with Crippen LogP contribution in [0.5, 0.6) is 0 Å².